The Bertz CT molecular complexity index is 768. The number of carbonyl (C=O) groups is 4. The van der Waals surface area contributed by atoms with E-state index in [9.17, 15) is 34.5 Å². The van der Waals surface area contributed by atoms with Gasteiger partial charge in [0.1, 0.15) is 30.4 Å². The number of rotatable bonds is 15. The first kappa shape index (κ1) is 32.7. The summed E-state index contributed by atoms with van der Waals surface area (Å²) in [5.74, 6) is -2.54. The molecule has 1 saturated heterocycles. The summed E-state index contributed by atoms with van der Waals surface area (Å²) in [7, 11) is 0. The van der Waals surface area contributed by atoms with Gasteiger partial charge in [-0.2, -0.15) is 0 Å². The van der Waals surface area contributed by atoms with Crippen molar-refractivity contribution in [3.8, 4) is 0 Å². The molecule has 8 N–H and O–H groups in total. The molecule has 0 aromatic carbocycles. The summed E-state index contributed by atoms with van der Waals surface area (Å²) in [6, 6.07) is -3.39. The minimum absolute atomic E-state index is 0.106. The van der Waals surface area contributed by atoms with Crippen LogP contribution in [0.3, 0.4) is 0 Å². The minimum Gasteiger partial charge on any atom is -0.464 e. The molecule has 1 aliphatic heterocycles. The van der Waals surface area contributed by atoms with Crippen molar-refractivity contribution in [3.63, 3.8) is 0 Å². The van der Waals surface area contributed by atoms with E-state index in [4.69, 9.17) is 25.7 Å². The monoisotopic (exact) mass is 534 g/mol. The van der Waals surface area contributed by atoms with Crippen LogP contribution in [0.5, 0.6) is 0 Å². The number of hydrogen-bond acceptors (Lipinski definition) is 11. The van der Waals surface area contributed by atoms with Crippen LogP contribution in [0.15, 0.2) is 0 Å². The summed E-state index contributed by atoms with van der Waals surface area (Å²) >= 11 is 0. The molecule has 1 rings (SSSR count). The lowest BCUT2D eigenvalue weighted by Crippen LogP contribution is -2.65. The van der Waals surface area contributed by atoms with Gasteiger partial charge in [-0.05, 0) is 26.7 Å². The fourth-order valence-electron chi connectivity index (χ4n) is 3.95. The minimum atomic E-state index is -1.60. The third kappa shape index (κ3) is 10.1. The Labute approximate surface area is 216 Å². The van der Waals surface area contributed by atoms with Crippen LogP contribution in [0.4, 0.5) is 0 Å². The lowest BCUT2D eigenvalue weighted by atomic mass is 9.96. The van der Waals surface area contributed by atoms with Gasteiger partial charge < -0.3 is 51.2 Å². The number of primary amides is 1. The van der Waals surface area contributed by atoms with Gasteiger partial charge in [-0.3, -0.25) is 14.4 Å². The zero-order chi connectivity index (χ0) is 28.3. The van der Waals surface area contributed by atoms with Gasteiger partial charge in [0, 0.05) is 19.9 Å². The molecule has 8 atom stereocenters. The van der Waals surface area contributed by atoms with E-state index in [2.05, 4.69) is 5.32 Å². The van der Waals surface area contributed by atoms with E-state index in [1.807, 2.05) is 6.92 Å². The van der Waals surface area contributed by atoms with E-state index in [1.54, 1.807) is 6.92 Å². The molecular weight excluding hydrogens is 492 g/mol. The molecule has 214 valence electrons. The first-order valence-corrected chi connectivity index (χ1v) is 12.4. The maximum atomic E-state index is 13.0. The molecule has 14 heteroatoms. The molecule has 0 saturated carbocycles. The number of nitrogens with two attached hydrogens (primary N) is 2. The Hall–Kier alpha value is -2.36. The molecular formula is C23H42N4O10. The van der Waals surface area contributed by atoms with Crippen molar-refractivity contribution in [2.45, 2.75) is 102 Å². The fourth-order valence-corrected chi connectivity index (χ4v) is 3.95. The van der Waals surface area contributed by atoms with Gasteiger partial charge in [0.2, 0.25) is 17.7 Å². The highest BCUT2D eigenvalue weighted by Crippen LogP contribution is 2.24. The maximum absolute atomic E-state index is 13.0. The molecule has 1 heterocycles. The lowest BCUT2D eigenvalue weighted by Gasteiger charge is -2.44. The molecule has 0 aliphatic carbocycles. The second kappa shape index (κ2) is 15.8. The van der Waals surface area contributed by atoms with Crippen LogP contribution in [-0.4, -0.2) is 113 Å². The van der Waals surface area contributed by atoms with Crippen LogP contribution >= 0.6 is 0 Å². The molecule has 1 unspecified atom stereocenters. The number of unbranched alkanes of at least 4 members (excludes halogenated alkanes) is 1. The molecule has 1 aliphatic rings. The van der Waals surface area contributed by atoms with Crippen molar-refractivity contribution < 1.29 is 48.7 Å². The molecule has 0 bridgehead atoms. The van der Waals surface area contributed by atoms with Crippen LogP contribution in [0.1, 0.15) is 53.4 Å². The Morgan fingerprint density at radius 2 is 1.84 bits per heavy atom. The van der Waals surface area contributed by atoms with E-state index < -0.39 is 79.1 Å². The first-order chi connectivity index (χ1) is 17.3. The Morgan fingerprint density at radius 3 is 2.35 bits per heavy atom. The molecule has 0 radical (unpaired) electrons. The van der Waals surface area contributed by atoms with Crippen LogP contribution < -0.4 is 16.8 Å². The largest absolute Gasteiger partial charge is 0.464 e. The molecule has 0 aromatic heterocycles. The summed E-state index contributed by atoms with van der Waals surface area (Å²) in [5, 5.41) is 33.0. The van der Waals surface area contributed by atoms with E-state index in [0.717, 1.165) is 11.3 Å². The Balaban J connectivity index is 3.21. The number of carbonyl (C=O) groups excluding carboxylic acids is 4. The van der Waals surface area contributed by atoms with E-state index >= 15 is 0 Å². The maximum Gasteiger partial charge on any atom is 0.328 e. The van der Waals surface area contributed by atoms with Crippen LogP contribution in [0, 0.1) is 0 Å². The number of aliphatic hydroxyl groups is 3. The highest BCUT2D eigenvalue weighted by molar-refractivity contribution is 5.87. The Morgan fingerprint density at radius 1 is 1.19 bits per heavy atom. The fraction of sp³-hybridized carbons (Fsp3) is 0.826. The number of nitrogens with zero attached hydrogens (tertiary/aromatic N) is 1. The summed E-state index contributed by atoms with van der Waals surface area (Å²) in [4.78, 5) is 50.2. The molecule has 37 heavy (non-hydrogen) atoms. The first-order valence-electron chi connectivity index (χ1n) is 12.4. The highest BCUT2D eigenvalue weighted by atomic mass is 16.6. The molecule has 0 spiro atoms. The van der Waals surface area contributed by atoms with Crippen molar-refractivity contribution in [3.05, 3.63) is 0 Å². The molecule has 3 amide bonds. The quantitative estimate of drug-likeness (QED) is 0.0950. The number of esters is 1. The van der Waals surface area contributed by atoms with Crippen molar-refractivity contribution in [1.82, 2.24) is 10.2 Å². The number of hydrogen-bond donors (Lipinski definition) is 6. The van der Waals surface area contributed by atoms with Gasteiger partial charge >= 0.3 is 5.97 Å². The van der Waals surface area contributed by atoms with Crippen molar-refractivity contribution in [2.75, 3.05) is 19.8 Å². The predicted molar refractivity (Wildman–Crippen MR) is 129 cm³/mol. The van der Waals surface area contributed by atoms with Crippen LogP contribution in [-0.2, 0) is 33.4 Å². The third-order valence-electron chi connectivity index (χ3n) is 5.81. The van der Waals surface area contributed by atoms with Gasteiger partial charge in [-0.25, -0.2) is 4.79 Å². The van der Waals surface area contributed by atoms with E-state index in [1.165, 1.54) is 13.8 Å². The standard InChI is InChI=1S/C23H42N4O10/c1-5-6-9-35-22(33)15(7-8-17(25)30)27(21(32)13(3)24)10-12(2)36-20-18(26-14(4)29)23(34)37-16(11-28)19(20)31/h12-13,15-16,18-20,23,28,31,34H,5-11,24H2,1-4H3,(H2,25,30)(H,26,29)/t12?,13-,15+,16+,18+,19+,20+,23-/m0/s1. The summed E-state index contributed by atoms with van der Waals surface area (Å²) in [6.45, 7) is 5.38. The van der Waals surface area contributed by atoms with Gasteiger partial charge in [0.05, 0.1) is 25.4 Å². The average molecular weight is 535 g/mol. The molecule has 0 aromatic rings. The van der Waals surface area contributed by atoms with Crippen LogP contribution in [0.25, 0.3) is 0 Å². The van der Waals surface area contributed by atoms with Crippen LogP contribution in [0.2, 0.25) is 0 Å². The van der Waals surface area contributed by atoms with Gasteiger partial charge in [0.15, 0.2) is 6.29 Å². The average Bonchev–Trinajstić information content (AvgIpc) is 2.81. The molecule has 1 fully saturated rings. The normalized spacial score (nSPS) is 26.0. The van der Waals surface area contributed by atoms with E-state index in [0.29, 0.717) is 6.42 Å². The summed E-state index contributed by atoms with van der Waals surface area (Å²) in [6.07, 6.45) is -5.29. The topological polar surface area (TPSA) is 224 Å². The zero-order valence-corrected chi connectivity index (χ0v) is 21.9. The molecule has 14 nitrogen and oxygen atoms in total. The van der Waals surface area contributed by atoms with E-state index in [-0.39, 0.29) is 26.0 Å². The van der Waals surface area contributed by atoms with Gasteiger partial charge in [0.25, 0.3) is 0 Å². The summed E-state index contributed by atoms with van der Waals surface area (Å²) < 4.78 is 16.4. The zero-order valence-electron chi connectivity index (χ0n) is 21.9. The predicted octanol–water partition coefficient (Wildman–Crippen LogP) is -2.51. The second-order valence-electron chi connectivity index (χ2n) is 9.20. The highest BCUT2D eigenvalue weighted by Gasteiger charge is 2.46. The smallest absolute Gasteiger partial charge is 0.328 e. The van der Waals surface area contributed by atoms with Crippen molar-refractivity contribution in [2.24, 2.45) is 11.5 Å². The number of amides is 3. The second-order valence-corrected chi connectivity index (χ2v) is 9.20. The third-order valence-corrected chi connectivity index (χ3v) is 5.81. The SMILES string of the molecule is CCCCOC(=O)[C@@H](CCC(N)=O)N(CC(C)O[C@H]1[C@H](O)[C@@H](CO)O[C@H](O)[C@@H]1NC(C)=O)C(=O)[C@H](C)N. The summed E-state index contributed by atoms with van der Waals surface area (Å²) in [5.41, 5.74) is 11.1. The number of nitrogens with one attached hydrogen (secondary N) is 1. The van der Waals surface area contributed by atoms with Gasteiger partial charge in [-0.15, -0.1) is 0 Å². The number of aliphatic hydroxyl groups excluding tert-OH is 3. The van der Waals surface area contributed by atoms with Crippen molar-refractivity contribution >= 4 is 23.7 Å². The lowest BCUT2D eigenvalue weighted by molar-refractivity contribution is -0.268. The Kier molecular flexibility index (Phi) is 13.9. The van der Waals surface area contributed by atoms with Gasteiger partial charge in [-0.1, -0.05) is 13.3 Å². The number of ether oxygens (including phenoxy) is 3. The van der Waals surface area contributed by atoms with Crippen molar-refractivity contribution in [1.29, 1.82) is 0 Å².